The maximum atomic E-state index is 13.6. The zero-order chi connectivity index (χ0) is 18.7. The number of hydrogen-bond donors (Lipinski definition) is 2. The normalized spacial score (nSPS) is 15.6. The maximum absolute atomic E-state index is 13.6. The molecule has 2 N–H and O–H groups in total. The molecule has 1 atom stereocenters. The Labute approximate surface area is 148 Å². The third kappa shape index (κ3) is 3.70. The molecule has 0 aliphatic carbocycles. The number of benzene rings is 2. The predicted octanol–water partition coefficient (Wildman–Crippen LogP) is 2.97. The molecule has 1 aliphatic heterocycles. The summed E-state index contributed by atoms with van der Waals surface area (Å²) in [7, 11) is 0. The van der Waals surface area contributed by atoms with Crippen LogP contribution < -0.4 is 10.6 Å². The SMILES string of the molecule is N#Cc1c(F)cc(CNC(=O)CC2CC(=O)Nc3ccccc32)cc1F. The number of carbonyl (C=O) groups excluding carboxylic acids is 2. The Morgan fingerprint density at radius 3 is 2.65 bits per heavy atom. The van der Waals surface area contributed by atoms with Gasteiger partial charge in [0.25, 0.3) is 0 Å². The molecule has 0 spiro atoms. The summed E-state index contributed by atoms with van der Waals surface area (Å²) in [6.07, 6.45) is 0.288. The van der Waals surface area contributed by atoms with Crippen molar-refractivity contribution in [2.45, 2.75) is 25.3 Å². The van der Waals surface area contributed by atoms with Gasteiger partial charge in [-0.05, 0) is 29.3 Å². The highest BCUT2D eigenvalue weighted by atomic mass is 19.1. The lowest BCUT2D eigenvalue weighted by atomic mass is 9.88. The molecule has 2 amide bonds. The van der Waals surface area contributed by atoms with E-state index in [0.717, 1.165) is 17.7 Å². The number of rotatable bonds is 4. The number of nitrogens with one attached hydrogen (secondary N) is 2. The van der Waals surface area contributed by atoms with Crippen LogP contribution in [-0.4, -0.2) is 11.8 Å². The van der Waals surface area contributed by atoms with Crippen molar-refractivity contribution in [3.05, 3.63) is 64.7 Å². The van der Waals surface area contributed by atoms with Crippen LogP contribution in [0.2, 0.25) is 0 Å². The van der Waals surface area contributed by atoms with Crippen molar-refractivity contribution in [2.24, 2.45) is 0 Å². The molecule has 1 aliphatic rings. The highest BCUT2D eigenvalue weighted by Crippen LogP contribution is 2.34. The third-order valence-electron chi connectivity index (χ3n) is 4.24. The summed E-state index contributed by atoms with van der Waals surface area (Å²) in [6.45, 7) is -0.0705. The lowest BCUT2D eigenvalue weighted by Gasteiger charge is -2.25. The van der Waals surface area contributed by atoms with Crippen molar-refractivity contribution in [1.82, 2.24) is 5.32 Å². The van der Waals surface area contributed by atoms with Crippen LogP contribution in [0.15, 0.2) is 36.4 Å². The van der Waals surface area contributed by atoms with Crippen molar-refractivity contribution in [2.75, 3.05) is 5.32 Å². The minimum atomic E-state index is -0.963. The van der Waals surface area contributed by atoms with Crippen molar-refractivity contribution in [3.63, 3.8) is 0 Å². The average molecular weight is 355 g/mol. The van der Waals surface area contributed by atoms with Gasteiger partial charge < -0.3 is 10.6 Å². The number of nitrogens with zero attached hydrogens (tertiary/aromatic N) is 1. The maximum Gasteiger partial charge on any atom is 0.225 e. The smallest absolute Gasteiger partial charge is 0.225 e. The Balaban J connectivity index is 1.65. The summed E-state index contributed by atoms with van der Waals surface area (Å²) in [5, 5.41) is 14.0. The number of halogens is 2. The lowest BCUT2D eigenvalue weighted by molar-refractivity contribution is -0.122. The predicted molar refractivity (Wildman–Crippen MR) is 90.0 cm³/mol. The van der Waals surface area contributed by atoms with Crippen molar-refractivity contribution < 1.29 is 18.4 Å². The van der Waals surface area contributed by atoms with E-state index in [1.54, 1.807) is 12.1 Å². The Morgan fingerprint density at radius 2 is 1.96 bits per heavy atom. The molecule has 1 heterocycles. The molecule has 0 aromatic heterocycles. The van der Waals surface area contributed by atoms with Crippen molar-refractivity contribution in [3.8, 4) is 6.07 Å². The first-order valence-electron chi connectivity index (χ1n) is 8.01. The van der Waals surface area contributed by atoms with Crippen LogP contribution in [0.4, 0.5) is 14.5 Å². The van der Waals surface area contributed by atoms with Gasteiger partial charge in [0, 0.05) is 31.0 Å². The number of fused-ring (bicyclic) bond motifs is 1. The van der Waals surface area contributed by atoms with Gasteiger partial charge in [-0.25, -0.2) is 8.78 Å². The fraction of sp³-hybridized carbons (Fsp3) is 0.211. The first-order valence-corrected chi connectivity index (χ1v) is 8.01. The van der Waals surface area contributed by atoms with Gasteiger partial charge in [-0.3, -0.25) is 9.59 Å². The second-order valence-electron chi connectivity index (χ2n) is 6.06. The number of para-hydroxylation sites is 1. The van der Waals surface area contributed by atoms with Crippen molar-refractivity contribution >= 4 is 17.5 Å². The molecule has 0 fully saturated rings. The summed E-state index contributed by atoms with van der Waals surface area (Å²) in [5.41, 5.74) is 1.15. The molecule has 1 unspecified atom stereocenters. The molecule has 3 rings (SSSR count). The first-order chi connectivity index (χ1) is 12.5. The van der Waals surface area contributed by atoms with E-state index in [2.05, 4.69) is 10.6 Å². The second kappa shape index (κ2) is 7.31. The van der Waals surface area contributed by atoms with Crippen molar-refractivity contribution in [1.29, 1.82) is 5.26 Å². The summed E-state index contributed by atoms with van der Waals surface area (Å²) < 4.78 is 27.2. The minimum absolute atomic E-state index is 0.0705. The highest BCUT2D eigenvalue weighted by Gasteiger charge is 2.26. The van der Waals surface area contributed by atoms with Gasteiger partial charge in [-0.15, -0.1) is 0 Å². The van der Waals surface area contributed by atoms with Gasteiger partial charge in [0.2, 0.25) is 11.8 Å². The molecular formula is C19H15F2N3O2. The average Bonchev–Trinajstić information content (AvgIpc) is 2.59. The molecular weight excluding hydrogens is 340 g/mol. The van der Waals surface area contributed by atoms with Crippen LogP contribution in [-0.2, 0) is 16.1 Å². The summed E-state index contributed by atoms with van der Waals surface area (Å²) in [4.78, 5) is 24.0. The Bertz CT molecular complexity index is 898. The van der Waals surface area contributed by atoms with E-state index in [-0.39, 0.29) is 42.7 Å². The molecule has 2 aromatic rings. The van der Waals surface area contributed by atoms with Gasteiger partial charge in [0.05, 0.1) is 0 Å². The van der Waals surface area contributed by atoms with E-state index in [4.69, 9.17) is 5.26 Å². The number of nitriles is 1. The Hall–Kier alpha value is -3.27. The number of amides is 2. The van der Waals surface area contributed by atoms with Crippen LogP contribution in [0.25, 0.3) is 0 Å². The van der Waals surface area contributed by atoms with Gasteiger partial charge >= 0.3 is 0 Å². The second-order valence-corrected chi connectivity index (χ2v) is 6.06. The molecule has 0 radical (unpaired) electrons. The molecule has 2 aromatic carbocycles. The van der Waals surface area contributed by atoms with Crippen LogP contribution in [0.1, 0.15) is 35.4 Å². The van der Waals surface area contributed by atoms with E-state index in [1.165, 1.54) is 6.07 Å². The number of carbonyl (C=O) groups is 2. The zero-order valence-corrected chi connectivity index (χ0v) is 13.7. The fourth-order valence-electron chi connectivity index (χ4n) is 3.02. The van der Waals surface area contributed by atoms with E-state index in [9.17, 15) is 18.4 Å². The molecule has 7 heteroatoms. The Kier molecular flexibility index (Phi) is 4.94. The van der Waals surface area contributed by atoms with E-state index in [0.29, 0.717) is 5.69 Å². The first kappa shape index (κ1) is 17.5. The summed E-state index contributed by atoms with van der Waals surface area (Å²) in [5.74, 6) is -2.67. The van der Waals surface area contributed by atoms with E-state index < -0.39 is 17.2 Å². The van der Waals surface area contributed by atoms with E-state index >= 15 is 0 Å². The number of hydrogen-bond acceptors (Lipinski definition) is 3. The van der Waals surface area contributed by atoms with Crippen LogP contribution in [0.5, 0.6) is 0 Å². The highest BCUT2D eigenvalue weighted by molar-refractivity contribution is 5.95. The van der Waals surface area contributed by atoms with Gasteiger partial charge in [0.1, 0.15) is 23.3 Å². The third-order valence-corrected chi connectivity index (χ3v) is 4.24. The zero-order valence-electron chi connectivity index (χ0n) is 13.7. The van der Waals surface area contributed by atoms with Crippen LogP contribution >= 0.6 is 0 Å². The molecule has 5 nitrogen and oxygen atoms in total. The van der Waals surface area contributed by atoms with Gasteiger partial charge in [-0.1, -0.05) is 18.2 Å². The molecule has 132 valence electrons. The fourth-order valence-corrected chi connectivity index (χ4v) is 3.02. The Morgan fingerprint density at radius 1 is 1.27 bits per heavy atom. The summed E-state index contributed by atoms with van der Waals surface area (Å²) >= 11 is 0. The van der Waals surface area contributed by atoms with Crippen LogP contribution in [0, 0.1) is 23.0 Å². The molecule has 0 saturated heterocycles. The molecule has 0 bridgehead atoms. The van der Waals surface area contributed by atoms with E-state index in [1.807, 2.05) is 12.1 Å². The monoisotopic (exact) mass is 355 g/mol. The quantitative estimate of drug-likeness (QED) is 0.885. The largest absolute Gasteiger partial charge is 0.352 e. The lowest BCUT2D eigenvalue weighted by Crippen LogP contribution is -2.29. The minimum Gasteiger partial charge on any atom is -0.352 e. The number of anilines is 1. The topological polar surface area (TPSA) is 82.0 Å². The molecule has 0 saturated carbocycles. The van der Waals surface area contributed by atoms with Gasteiger partial charge in [-0.2, -0.15) is 5.26 Å². The standard InChI is InChI=1S/C19H15F2N3O2/c20-15-5-11(6-16(21)14(15)9-22)10-23-18(25)7-12-8-19(26)24-17-4-2-1-3-13(12)17/h1-6,12H,7-8,10H2,(H,23,25)(H,24,26). The molecule has 26 heavy (non-hydrogen) atoms. The van der Waals surface area contributed by atoms with Crippen LogP contribution in [0.3, 0.4) is 0 Å². The van der Waals surface area contributed by atoms with Gasteiger partial charge in [0.15, 0.2) is 0 Å². The summed E-state index contributed by atoms with van der Waals surface area (Å²) in [6, 6.07) is 10.8.